The van der Waals surface area contributed by atoms with Gasteiger partial charge in [-0.3, -0.25) is 0 Å². The third kappa shape index (κ3) is 10.5. The molecular weight excluding hydrogens is 707 g/mol. The van der Waals surface area contributed by atoms with Gasteiger partial charge in [-0.15, -0.1) is 69.1 Å². The molecular formula is C43H54Cl2SiZr. The Morgan fingerprint density at radius 1 is 0.745 bits per heavy atom. The maximum absolute atomic E-state index is 4.93. The van der Waals surface area contributed by atoms with E-state index < -0.39 is 20.8 Å². The predicted molar refractivity (Wildman–Crippen MR) is 209 cm³/mol. The third-order valence-electron chi connectivity index (χ3n) is 10.3. The van der Waals surface area contributed by atoms with Crippen LogP contribution in [-0.4, -0.2) is 9.52 Å². The molecule has 0 amide bonds. The van der Waals surface area contributed by atoms with Crippen molar-refractivity contribution in [1.29, 1.82) is 0 Å². The molecule has 0 spiro atoms. The molecule has 2 fully saturated rings. The fourth-order valence-corrected chi connectivity index (χ4v) is 7.55. The molecule has 5 aromatic carbocycles. The van der Waals surface area contributed by atoms with Gasteiger partial charge < -0.3 is 0 Å². The summed E-state index contributed by atoms with van der Waals surface area (Å²) < 4.78 is 0. The van der Waals surface area contributed by atoms with Crippen LogP contribution in [0.3, 0.4) is 0 Å². The zero-order valence-electron chi connectivity index (χ0n) is 29.3. The van der Waals surface area contributed by atoms with Crippen LogP contribution >= 0.6 is 17.0 Å². The van der Waals surface area contributed by atoms with Gasteiger partial charge in [-0.2, -0.15) is 12.1 Å². The summed E-state index contributed by atoms with van der Waals surface area (Å²) in [6, 6.07) is 32.5. The van der Waals surface area contributed by atoms with E-state index >= 15 is 0 Å². The number of hydrogen-bond acceptors (Lipinski definition) is 0. The van der Waals surface area contributed by atoms with Gasteiger partial charge in [-0.1, -0.05) is 120 Å². The molecule has 47 heavy (non-hydrogen) atoms. The molecule has 0 bridgehead atoms. The van der Waals surface area contributed by atoms with Gasteiger partial charge >= 0.3 is 37.9 Å². The Kier molecular flexibility index (Phi) is 16.6. The van der Waals surface area contributed by atoms with E-state index in [0.29, 0.717) is 5.92 Å². The van der Waals surface area contributed by atoms with Crippen molar-refractivity contribution in [2.24, 2.45) is 0 Å². The van der Waals surface area contributed by atoms with Crippen LogP contribution in [0.1, 0.15) is 125 Å². The Bertz CT molecular complexity index is 1600. The molecule has 0 heterocycles. The van der Waals surface area contributed by atoms with Gasteiger partial charge in [0.25, 0.3) is 0 Å². The summed E-state index contributed by atoms with van der Waals surface area (Å²) in [5, 5.41) is 5.73. The van der Waals surface area contributed by atoms with Gasteiger partial charge in [-0.25, -0.2) is 0 Å². The zero-order chi connectivity index (χ0) is 33.6. The van der Waals surface area contributed by atoms with Crippen molar-refractivity contribution in [2.75, 3.05) is 0 Å². The summed E-state index contributed by atoms with van der Waals surface area (Å²) in [6.45, 7) is 11.2. The first kappa shape index (κ1) is 38.4. The number of hydrogen-bond donors (Lipinski definition) is 0. The van der Waals surface area contributed by atoms with E-state index in [1.807, 2.05) is 0 Å². The summed E-state index contributed by atoms with van der Waals surface area (Å²) in [4.78, 5) is 0. The number of benzene rings is 3. The summed E-state index contributed by atoms with van der Waals surface area (Å²) in [7, 11) is 11.0. The second kappa shape index (κ2) is 20.3. The van der Waals surface area contributed by atoms with Crippen molar-refractivity contribution in [3.8, 4) is 11.1 Å². The Hall–Kier alpha value is -1.44. The first-order valence-electron chi connectivity index (χ1n) is 18.0. The average molecular weight is 761 g/mol. The summed E-state index contributed by atoms with van der Waals surface area (Å²) >= 11 is -0.826. The Morgan fingerprint density at radius 2 is 1.32 bits per heavy atom. The molecule has 2 saturated carbocycles. The molecule has 248 valence electrons. The normalized spacial score (nSPS) is 15.6. The van der Waals surface area contributed by atoms with Crippen LogP contribution in [0.2, 0.25) is 13.1 Å². The van der Waals surface area contributed by atoms with Gasteiger partial charge in [0.05, 0.1) is 0 Å². The number of rotatable bonds is 6. The molecule has 7 rings (SSSR count). The standard InChI is InChI=1S/C23H25.C18H23.C2H6Si.2ClH.Zr/c1-2-17-15-21-9-6-10-22(23(21)16-17)20-13-11-19(12-14-20)18-7-4-3-5-8-18;1-3-13(2)17-10-6-9-15-11-16(12-18(15)17)14-7-4-5-8-14;1-3-2;;;/h6,9-16,18H,2-5,7-8H2,1H3;6,9-14H,3-5,7-8H2,1-2H3;1-2H3;2*1H;/q2*-1;;;;+4/p-2. The second-order valence-corrected chi connectivity index (χ2v) is 18.2. The molecule has 5 aromatic rings. The molecule has 4 heteroatoms. The van der Waals surface area contributed by atoms with Crippen LogP contribution in [0.4, 0.5) is 0 Å². The Labute approximate surface area is 307 Å². The summed E-state index contributed by atoms with van der Waals surface area (Å²) in [6.07, 6.45) is 14.9. The van der Waals surface area contributed by atoms with Crippen molar-refractivity contribution in [3.63, 3.8) is 0 Å². The summed E-state index contributed by atoms with van der Waals surface area (Å²) in [5.74, 6) is 2.30. The first-order chi connectivity index (χ1) is 23.0. The monoisotopic (exact) mass is 758 g/mol. The van der Waals surface area contributed by atoms with Crippen LogP contribution in [-0.2, 0) is 27.3 Å². The number of halogens is 2. The minimum atomic E-state index is -0.826. The van der Waals surface area contributed by atoms with Gasteiger partial charge in [0.2, 0.25) is 0 Å². The van der Waals surface area contributed by atoms with Crippen LogP contribution in [0, 0.1) is 0 Å². The van der Waals surface area contributed by atoms with E-state index in [1.165, 1.54) is 108 Å². The van der Waals surface area contributed by atoms with E-state index in [1.54, 1.807) is 11.1 Å². The Balaban J connectivity index is 0.000000186. The van der Waals surface area contributed by atoms with Crippen molar-refractivity contribution in [3.05, 3.63) is 107 Å². The molecule has 0 aliphatic heterocycles. The number of aryl methyl sites for hydroxylation is 1. The zero-order valence-corrected chi connectivity index (χ0v) is 34.3. The van der Waals surface area contributed by atoms with Crippen molar-refractivity contribution < 1.29 is 20.8 Å². The molecule has 2 aliphatic carbocycles. The molecule has 0 saturated heterocycles. The molecule has 1 atom stereocenters. The topological polar surface area (TPSA) is 0 Å². The van der Waals surface area contributed by atoms with Crippen LogP contribution in [0.5, 0.6) is 0 Å². The van der Waals surface area contributed by atoms with Crippen LogP contribution < -0.4 is 0 Å². The predicted octanol–water partition coefficient (Wildman–Crippen LogP) is 14.7. The second-order valence-electron chi connectivity index (χ2n) is 13.5. The Morgan fingerprint density at radius 3 is 1.94 bits per heavy atom. The molecule has 2 radical (unpaired) electrons. The van der Waals surface area contributed by atoms with E-state index in [4.69, 9.17) is 17.0 Å². The average Bonchev–Trinajstić information content (AvgIpc) is 3.89. The van der Waals surface area contributed by atoms with Crippen molar-refractivity contribution in [1.82, 2.24) is 0 Å². The molecule has 0 N–H and O–H groups in total. The minimum absolute atomic E-state index is 0.674. The van der Waals surface area contributed by atoms with Gasteiger partial charge in [0, 0.05) is 9.52 Å². The van der Waals surface area contributed by atoms with Gasteiger partial charge in [-0.05, 0) is 61.0 Å². The van der Waals surface area contributed by atoms with Crippen LogP contribution in [0.15, 0.2) is 84.9 Å². The van der Waals surface area contributed by atoms with Crippen LogP contribution in [0.25, 0.3) is 32.7 Å². The van der Waals surface area contributed by atoms with E-state index in [-0.39, 0.29) is 0 Å². The maximum atomic E-state index is 4.93. The SMILES string of the molecule is CCC(C)c1cccc2[cH-]c(C3CCCC3)cc12.CCc1cc2c(-c3ccc(C4CCCCC4)cc3)cccc2[cH-]1.C[Si]C.[Cl][Zr+2][Cl]. The third-order valence-corrected chi connectivity index (χ3v) is 10.3. The molecule has 0 nitrogen and oxygen atoms in total. The van der Waals surface area contributed by atoms with E-state index in [0.717, 1.165) is 27.8 Å². The van der Waals surface area contributed by atoms with Crippen molar-refractivity contribution in [2.45, 2.75) is 122 Å². The van der Waals surface area contributed by atoms with Gasteiger partial charge in [0.1, 0.15) is 0 Å². The number of fused-ring (bicyclic) bond motifs is 2. The molecule has 1 unspecified atom stereocenters. The van der Waals surface area contributed by atoms with Gasteiger partial charge in [0.15, 0.2) is 0 Å². The molecule has 2 aliphatic rings. The first-order valence-corrected chi connectivity index (χ1v) is 26.3. The van der Waals surface area contributed by atoms with Crippen molar-refractivity contribution >= 4 is 48.1 Å². The quantitative estimate of drug-likeness (QED) is 0.119. The fourth-order valence-electron chi connectivity index (χ4n) is 7.55. The fraction of sp³-hybridized carbons (Fsp3) is 0.442. The summed E-state index contributed by atoms with van der Waals surface area (Å²) in [5.41, 5.74) is 8.84. The van der Waals surface area contributed by atoms with E-state index in [9.17, 15) is 0 Å². The molecule has 0 aromatic heterocycles. The van der Waals surface area contributed by atoms with E-state index in [2.05, 4.69) is 119 Å².